The van der Waals surface area contributed by atoms with Gasteiger partial charge in [0, 0.05) is 38.3 Å². The zero-order valence-electron chi connectivity index (χ0n) is 22.1. The van der Waals surface area contributed by atoms with E-state index in [1.807, 2.05) is 4.90 Å². The molecule has 9 heteroatoms. The van der Waals surface area contributed by atoms with Gasteiger partial charge in [0.25, 0.3) is 0 Å². The molecule has 200 valence electrons. The first kappa shape index (κ1) is 24.9. The number of fused-ring (bicyclic) bond motifs is 1. The molecule has 2 atom stereocenters. The van der Waals surface area contributed by atoms with Crippen LogP contribution in [0.3, 0.4) is 0 Å². The van der Waals surface area contributed by atoms with E-state index in [1.165, 1.54) is 30.9 Å². The molecule has 1 amide bonds. The molecular formula is C29H37N7O2. The lowest BCUT2D eigenvalue weighted by molar-refractivity contribution is -0.128. The second-order valence-corrected chi connectivity index (χ2v) is 11.1. The molecule has 2 aromatic heterocycles. The summed E-state index contributed by atoms with van der Waals surface area (Å²) in [5.74, 6) is 1.37. The lowest BCUT2D eigenvalue weighted by Gasteiger charge is -2.39. The van der Waals surface area contributed by atoms with E-state index in [4.69, 9.17) is 4.98 Å². The summed E-state index contributed by atoms with van der Waals surface area (Å²) in [7, 11) is 0. The monoisotopic (exact) mass is 515 g/mol. The zero-order chi connectivity index (χ0) is 26.2. The van der Waals surface area contributed by atoms with Gasteiger partial charge >= 0.3 is 5.69 Å². The number of nitrogens with zero attached hydrogens (tertiary/aromatic N) is 5. The number of aromatic amines is 1. The van der Waals surface area contributed by atoms with Crippen molar-refractivity contribution in [3.8, 4) is 0 Å². The number of aromatic nitrogens is 4. The zero-order valence-corrected chi connectivity index (χ0v) is 22.1. The van der Waals surface area contributed by atoms with E-state index < -0.39 is 0 Å². The van der Waals surface area contributed by atoms with Crippen LogP contribution in [0.2, 0.25) is 0 Å². The Balaban J connectivity index is 1.15. The number of H-pyrrole nitrogens is 1. The first-order valence-corrected chi connectivity index (χ1v) is 14.0. The number of amides is 1. The number of benzene rings is 1. The van der Waals surface area contributed by atoms with Gasteiger partial charge in [-0.3, -0.25) is 14.3 Å². The second-order valence-electron chi connectivity index (χ2n) is 11.1. The normalized spacial score (nSPS) is 20.2. The topological polar surface area (TPSA) is 99.2 Å². The number of hydrogen-bond acceptors (Lipinski definition) is 6. The van der Waals surface area contributed by atoms with Gasteiger partial charge < -0.3 is 15.2 Å². The predicted octanol–water partition coefficient (Wildman–Crippen LogP) is 4.19. The van der Waals surface area contributed by atoms with Crippen LogP contribution >= 0.6 is 0 Å². The van der Waals surface area contributed by atoms with Crippen LogP contribution in [0.1, 0.15) is 74.7 Å². The Kier molecular flexibility index (Phi) is 6.78. The molecule has 3 fully saturated rings. The number of nitrogens with one attached hydrogen (secondary N) is 2. The molecular weight excluding hydrogens is 478 g/mol. The average molecular weight is 516 g/mol. The van der Waals surface area contributed by atoms with E-state index in [0.29, 0.717) is 23.2 Å². The number of rotatable bonds is 9. The van der Waals surface area contributed by atoms with Crippen molar-refractivity contribution in [3.63, 3.8) is 0 Å². The molecule has 6 rings (SSSR count). The average Bonchev–Trinajstić information content (AvgIpc) is 3.68. The highest BCUT2D eigenvalue weighted by atomic mass is 16.2. The molecule has 3 aromatic rings. The van der Waals surface area contributed by atoms with Gasteiger partial charge in [0.1, 0.15) is 5.52 Å². The fraction of sp³-hybridized carbons (Fsp3) is 0.517. The molecule has 0 spiro atoms. The van der Waals surface area contributed by atoms with Crippen molar-refractivity contribution in [3.05, 3.63) is 64.7 Å². The van der Waals surface area contributed by atoms with Gasteiger partial charge in [0.05, 0.1) is 12.2 Å². The predicted molar refractivity (Wildman–Crippen MR) is 148 cm³/mol. The maximum Gasteiger partial charge on any atom is 0.327 e. The molecule has 2 saturated carbocycles. The summed E-state index contributed by atoms with van der Waals surface area (Å²) in [5, 5.41) is 3.43. The number of carbonyl (C=O) groups is 1. The Morgan fingerprint density at radius 1 is 1.13 bits per heavy atom. The number of imidazole rings is 1. The molecule has 0 unspecified atom stereocenters. The molecule has 2 N–H and O–H groups in total. The number of hydrogen-bond donors (Lipinski definition) is 2. The van der Waals surface area contributed by atoms with E-state index >= 15 is 0 Å². The lowest BCUT2D eigenvalue weighted by atomic mass is 9.93. The minimum absolute atomic E-state index is 0.0136. The van der Waals surface area contributed by atoms with Gasteiger partial charge in [-0.05, 0) is 55.7 Å². The molecule has 38 heavy (non-hydrogen) atoms. The van der Waals surface area contributed by atoms with Gasteiger partial charge in [-0.2, -0.15) is 4.98 Å². The first-order chi connectivity index (χ1) is 18.5. The molecule has 9 nitrogen and oxygen atoms in total. The minimum atomic E-state index is -0.103. The Morgan fingerprint density at radius 2 is 1.84 bits per heavy atom. The van der Waals surface area contributed by atoms with Crippen molar-refractivity contribution >= 4 is 23.0 Å². The Morgan fingerprint density at radius 3 is 2.47 bits per heavy atom. The van der Waals surface area contributed by atoms with Crippen LogP contribution < -0.4 is 11.0 Å². The SMILES string of the molecule is C=CC(=O)N1CCN([C@H](CC2CC2)c2ccc([C@H](C)Nc3ncc4[nH]c(=O)n(C5CCC5)c4n3)cc2)CC1. The first-order valence-electron chi connectivity index (χ1n) is 14.0. The van der Waals surface area contributed by atoms with E-state index in [9.17, 15) is 9.59 Å². The van der Waals surface area contributed by atoms with Crippen LogP contribution in [-0.4, -0.2) is 61.4 Å². The largest absolute Gasteiger partial charge is 0.348 e. The van der Waals surface area contributed by atoms with E-state index in [1.54, 1.807) is 10.8 Å². The molecule has 1 aliphatic heterocycles. The summed E-state index contributed by atoms with van der Waals surface area (Å²) in [5.41, 5.74) is 3.76. The third kappa shape index (κ3) is 4.99. The second kappa shape index (κ2) is 10.4. The highest BCUT2D eigenvalue weighted by Crippen LogP contribution is 2.40. The van der Waals surface area contributed by atoms with Crippen LogP contribution in [0.25, 0.3) is 11.2 Å². The summed E-state index contributed by atoms with van der Waals surface area (Å²) < 4.78 is 1.79. The Hall–Kier alpha value is -3.46. The summed E-state index contributed by atoms with van der Waals surface area (Å²) in [6.07, 6.45) is 10.1. The lowest BCUT2D eigenvalue weighted by Crippen LogP contribution is -2.49. The van der Waals surface area contributed by atoms with Crippen molar-refractivity contribution < 1.29 is 4.79 Å². The molecule has 2 aliphatic carbocycles. The maximum absolute atomic E-state index is 12.5. The van der Waals surface area contributed by atoms with E-state index in [0.717, 1.165) is 56.9 Å². The quantitative estimate of drug-likeness (QED) is 0.415. The van der Waals surface area contributed by atoms with Crippen molar-refractivity contribution in [1.82, 2.24) is 29.3 Å². The van der Waals surface area contributed by atoms with Crippen LogP contribution in [0.15, 0.2) is 47.9 Å². The van der Waals surface area contributed by atoms with Crippen LogP contribution in [0.4, 0.5) is 5.95 Å². The molecule has 3 heterocycles. The summed E-state index contributed by atoms with van der Waals surface area (Å²) in [6, 6.07) is 9.53. The van der Waals surface area contributed by atoms with Gasteiger partial charge in [-0.15, -0.1) is 0 Å². The standard InChI is InChI=1S/C29H37N7O2/c1-3-26(37)35-15-13-34(14-16-35)25(17-20-7-8-20)22-11-9-21(10-12-22)19(2)31-28-30-18-24-27(33-28)36(29(38)32-24)23-5-4-6-23/h3,9-12,18-20,23,25H,1,4-8,13-17H2,2H3,(H,32,38)(H,30,31,33)/t19-,25+/m0/s1. The highest BCUT2D eigenvalue weighted by molar-refractivity contribution is 5.87. The fourth-order valence-electron chi connectivity index (χ4n) is 5.80. The summed E-state index contributed by atoms with van der Waals surface area (Å²) in [6.45, 7) is 9.03. The van der Waals surface area contributed by atoms with Gasteiger partial charge in [-0.1, -0.05) is 43.7 Å². The third-order valence-electron chi connectivity index (χ3n) is 8.56. The van der Waals surface area contributed by atoms with Crippen molar-refractivity contribution in [2.75, 3.05) is 31.5 Å². The maximum atomic E-state index is 12.5. The highest BCUT2D eigenvalue weighted by Gasteiger charge is 2.32. The van der Waals surface area contributed by atoms with Crippen molar-refractivity contribution in [2.45, 2.75) is 63.6 Å². The smallest absolute Gasteiger partial charge is 0.327 e. The van der Waals surface area contributed by atoms with Crippen molar-refractivity contribution in [1.29, 1.82) is 0 Å². The van der Waals surface area contributed by atoms with Gasteiger partial charge in [-0.25, -0.2) is 9.78 Å². The summed E-state index contributed by atoms with van der Waals surface area (Å²) in [4.78, 5) is 41.0. The Bertz CT molecular complexity index is 1360. The summed E-state index contributed by atoms with van der Waals surface area (Å²) >= 11 is 0. The van der Waals surface area contributed by atoms with Gasteiger partial charge in [0.15, 0.2) is 5.65 Å². The minimum Gasteiger partial charge on any atom is -0.348 e. The molecule has 1 aromatic carbocycles. The molecule has 0 radical (unpaired) electrons. The van der Waals surface area contributed by atoms with Crippen LogP contribution in [-0.2, 0) is 4.79 Å². The Labute approximate surface area is 223 Å². The molecule has 1 saturated heterocycles. The number of anilines is 1. The number of carbonyl (C=O) groups excluding carboxylic acids is 1. The number of piperazine rings is 1. The molecule has 3 aliphatic rings. The van der Waals surface area contributed by atoms with Crippen LogP contribution in [0, 0.1) is 5.92 Å². The van der Waals surface area contributed by atoms with Crippen LogP contribution in [0.5, 0.6) is 0 Å². The molecule has 0 bridgehead atoms. The van der Waals surface area contributed by atoms with E-state index in [2.05, 4.69) is 58.0 Å². The van der Waals surface area contributed by atoms with Crippen molar-refractivity contribution in [2.24, 2.45) is 5.92 Å². The van der Waals surface area contributed by atoms with Gasteiger partial charge in [0.2, 0.25) is 11.9 Å². The van der Waals surface area contributed by atoms with E-state index in [-0.39, 0.29) is 23.7 Å². The third-order valence-corrected chi connectivity index (χ3v) is 8.56. The fourth-order valence-corrected chi connectivity index (χ4v) is 5.80.